The van der Waals surface area contributed by atoms with E-state index in [2.05, 4.69) is 44.5 Å². The molecule has 0 saturated carbocycles. The monoisotopic (exact) mass is 435 g/mol. The van der Waals surface area contributed by atoms with Crippen LogP contribution in [0.4, 0.5) is 11.4 Å². The molecule has 2 aromatic carbocycles. The van der Waals surface area contributed by atoms with Crippen molar-refractivity contribution in [1.82, 2.24) is 5.32 Å². The Bertz CT molecular complexity index is 947. The van der Waals surface area contributed by atoms with E-state index in [1.165, 1.54) is 11.3 Å². The second-order valence-electron chi connectivity index (χ2n) is 7.89. The summed E-state index contributed by atoms with van der Waals surface area (Å²) in [5.74, 6) is 0.775. The summed E-state index contributed by atoms with van der Waals surface area (Å²) in [6.07, 6.45) is 2.63. The maximum Gasteiger partial charge on any atom is 0.228 e. The van der Waals surface area contributed by atoms with Crippen LogP contribution < -0.4 is 20.3 Å². The van der Waals surface area contributed by atoms with Gasteiger partial charge in [-0.2, -0.15) is 11.3 Å². The third-order valence-corrected chi connectivity index (χ3v) is 6.44. The summed E-state index contributed by atoms with van der Waals surface area (Å²) in [6.45, 7) is 3.05. The zero-order chi connectivity index (χ0) is 21.5. The van der Waals surface area contributed by atoms with Gasteiger partial charge in [0.15, 0.2) is 0 Å². The molecule has 1 amide bonds. The van der Waals surface area contributed by atoms with Crippen molar-refractivity contribution < 1.29 is 9.53 Å². The van der Waals surface area contributed by atoms with Crippen LogP contribution in [0, 0.1) is 0 Å². The third kappa shape index (κ3) is 6.09. The van der Waals surface area contributed by atoms with Gasteiger partial charge in [-0.15, -0.1) is 0 Å². The number of carbonyl (C=O) groups is 1. The number of nitrogens with zero attached hydrogens (tertiary/aromatic N) is 1. The Morgan fingerprint density at radius 3 is 2.42 bits per heavy atom. The maximum atomic E-state index is 12.3. The number of ether oxygens (including phenoxy) is 1. The minimum absolute atomic E-state index is 0.0181. The highest BCUT2D eigenvalue weighted by Gasteiger charge is 2.19. The molecule has 3 aromatic rings. The lowest BCUT2D eigenvalue weighted by molar-refractivity contribution is -0.115. The van der Waals surface area contributed by atoms with Crippen LogP contribution in [0.5, 0.6) is 5.75 Å². The number of piperidine rings is 1. The van der Waals surface area contributed by atoms with Crippen LogP contribution in [0.3, 0.4) is 0 Å². The van der Waals surface area contributed by atoms with Gasteiger partial charge < -0.3 is 20.3 Å². The fourth-order valence-electron chi connectivity index (χ4n) is 3.89. The van der Waals surface area contributed by atoms with Crippen LogP contribution >= 0.6 is 11.3 Å². The van der Waals surface area contributed by atoms with Gasteiger partial charge in [-0.3, -0.25) is 4.79 Å². The van der Waals surface area contributed by atoms with Crippen LogP contribution in [0.1, 0.15) is 24.0 Å². The molecule has 1 aliphatic heterocycles. The molecule has 4 rings (SSSR count). The molecule has 1 aliphatic rings. The quantitative estimate of drug-likeness (QED) is 0.539. The Kier molecular flexibility index (Phi) is 7.22. The highest BCUT2D eigenvalue weighted by atomic mass is 32.1. The maximum absolute atomic E-state index is 12.3. The van der Waals surface area contributed by atoms with E-state index in [1.54, 1.807) is 18.4 Å². The SMILES string of the molecule is COc1ccc(CC(=O)Nc2ccc(N3CCC(NCc4ccsc4)CC3)cc2)cc1. The zero-order valence-electron chi connectivity index (χ0n) is 17.8. The first-order chi connectivity index (χ1) is 15.2. The van der Waals surface area contributed by atoms with Crippen molar-refractivity contribution in [2.24, 2.45) is 0 Å². The number of carbonyl (C=O) groups excluding carboxylic acids is 1. The number of anilines is 2. The highest BCUT2D eigenvalue weighted by molar-refractivity contribution is 7.07. The first-order valence-corrected chi connectivity index (χ1v) is 11.7. The minimum atomic E-state index is -0.0181. The second kappa shape index (κ2) is 10.5. The Morgan fingerprint density at radius 1 is 1.03 bits per heavy atom. The fraction of sp³-hybridized carbons (Fsp3) is 0.320. The zero-order valence-corrected chi connectivity index (χ0v) is 18.7. The van der Waals surface area contributed by atoms with E-state index >= 15 is 0 Å². The molecular formula is C25H29N3O2S. The smallest absolute Gasteiger partial charge is 0.228 e. The summed E-state index contributed by atoms with van der Waals surface area (Å²) >= 11 is 1.75. The summed E-state index contributed by atoms with van der Waals surface area (Å²) in [4.78, 5) is 14.8. The number of hydrogen-bond acceptors (Lipinski definition) is 5. The minimum Gasteiger partial charge on any atom is -0.497 e. The molecule has 162 valence electrons. The molecular weight excluding hydrogens is 406 g/mol. The van der Waals surface area contributed by atoms with Gasteiger partial charge in [0.2, 0.25) is 5.91 Å². The van der Waals surface area contributed by atoms with E-state index in [0.29, 0.717) is 12.5 Å². The Balaban J connectivity index is 1.23. The molecule has 0 spiro atoms. The van der Waals surface area contributed by atoms with Gasteiger partial charge in [-0.25, -0.2) is 0 Å². The number of thiophene rings is 1. The summed E-state index contributed by atoms with van der Waals surface area (Å²) in [6, 6.07) is 18.5. The van der Waals surface area contributed by atoms with Crippen molar-refractivity contribution in [3.8, 4) is 5.75 Å². The van der Waals surface area contributed by atoms with Crippen LogP contribution in [0.15, 0.2) is 65.4 Å². The molecule has 6 heteroatoms. The molecule has 2 heterocycles. The predicted molar refractivity (Wildman–Crippen MR) is 128 cm³/mol. The lowest BCUT2D eigenvalue weighted by Crippen LogP contribution is -2.42. The molecule has 0 bridgehead atoms. The van der Waals surface area contributed by atoms with Crippen molar-refractivity contribution in [1.29, 1.82) is 0 Å². The van der Waals surface area contributed by atoms with Gasteiger partial charge in [-0.1, -0.05) is 12.1 Å². The molecule has 0 unspecified atom stereocenters. The lowest BCUT2D eigenvalue weighted by Gasteiger charge is -2.34. The third-order valence-electron chi connectivity index (χ3n) is 5.71. The summed E-state index contributed by atoms with van der Waals surface area (Å²) < 4.78 is 5.16. The Hall–Kier alpha value is -2.83. The number of methoxy groups -OCH3 is 1. The molecule has 5 nitrogen and oxygen atoms in total. The van der Waals surface area contributed by atoms with E-state index in [4.69, 9.17) is 4.74 Å². The second-order valence-corrected chi connectivity index (χ2v) is 8.67. The number of nitrogens with one attached hydrogen (secondary N) is 2. The normalized spacial score (nSPS) is 14.4. The van der Waals surface area contributed by atoms with Crippen LogP contribution in [-0.4, -0.2) is 32.1 Å². The van der Waals surface area contributed by atoms with Gasteiger partial charge in [0.1, 0.15) is 5.75 Å². The highest BCUT2D eigenvalue weighted by Crippen LogP contribution is 2.23. The molecule has 0 atom stereocenters. The average Bonchev–Trinajstić information content (AvgIpc) is 3.33. The van der Waals surface area contributed by atoms with Crippen LogP contribution in [-0.2, 0) is 17.8 Å². The van der Waals surface area contributed by atoms with E-state index < -0.39 is 0 Å². The molecule has 0 aliphatic carbocycles. The largest absolute Gasteiger partial charge is 0.497 e. The van der Waals surface area contributed by atoms with Gasteiger partial charge in [0, 0.05) is 37.1 Å². The molecule has 2 N–H and O–H groups in total. The van der Waals surface area contributed by atoms with Gasteiger partial charge in [0.25, 0.3) is 0 Å². The van der Waals surface area contributed by atoms with Crippen molar-refractivity contribution in [3.63, 3.8) is 0 Å². The number of amides is 1. The van der Waals surface area contributed by atoms with Gasteiger partial charge >= 0.3 is 0 Å². The standard InChI is InChI=1S/C25H29N3O2S/c1-30-24-8-2-19(3-9-24)16-25(29)27-22-4-6-23(7-5-22)28-13-10-21(11-14-28)26-17-20-12-15-31-18-20/h2-9,12,15,18,21,26H,10-11,13-14,16-17H2,1H3,(H,27,29). The summed E-state index contributed by atoms with van der Waals surface area (Å²) in [7, 11) is 1.64. The topological polar surface area (TPSA) is 53.6 Å². The van der Waals surface area contributed by atoms with E-state index in [9.17, 15) is 4.79 Å². The molecule has 31 heavy (non-hydrogen) atoms. The molecule has 1 saturated heterocycles. The molecule has 0 radical (unpaired) electrons. The first kappa shape index (κ1) is 21.4. The molecule has 1 fully saturated rings. The van der Waals surface area contributed by atoms with Crippen molar-refractivity contribution in [3.05, 3.63) is 76.5 Å². The van der Waals surface area contributed by atoms with Crippen LogP contribution in [0.2, 0.25) is 0 Å². The number of rotatable bonds is 8. The number of hydrogen-bond donors (Lipinski definition) is 2. The lowest BCUT2D eigenvalue weighted by atomic mass is 10.0. The molecule has 1 aromatic heterocycles. The number of benzene rings is 2. The van der Waals surface area contributed by atoms with Crippen molar-refractivity contribution in [2.45, 2.75) is 31.8 Å². The first-order valence-electron chi connectivity index (χ1n) is 10.7. The van der Waals surface area contributed by atoms with Gasteiger partial charge in [0.05, 0.1) is 13.5 Å². The predicted octanol–water partition coefficient (Wildman–Crippen LogP) is 4.70. The van der Waals surface area contributed by atoms with E-state index in [0.717, 1.165) is 49.5 Å². The van der Waals surface area contributed by atoms with Crippen molar-refractivity contribution in [2.75, 3.05) is 30.4 Å². The van der Waals surface area contributed by atoms with Gasteiger partial charge in [-0.05, 0) is 77.2 Å². The summed E-state index contributed by atoms with van der Waals surface area (Å²) in [5, 5.41) is 11.0. The fourth-order valence-corrected chi connectivity index (χ4v) is 4.56. The average molecular weight is 436 g/mol. The Morgan fingerprint density at radius 2 is 1.77 bits per heavy atom. The summed E-state index contributed by atoms with van der Waals surface area (Å²) in [5.41, 5.74) is 4.38. The van der Waals surface area contributed by atoms with Crippen LogP contribution in [0.25, 0.3) is 0 Å². The van der Waals surface area contributed by atoms with Crippen molar-refractivity contribution >= 4 is 28.6 Å². The van der Waals surface area contributed by atoms with E-state index in [-0.39, 0.29) is 5.91 Å². The Labute approximate surface area is 188 Å². The van der Waals surface area contributed by atoms with E-state index in [1.807, 2.05) is 36.4 Å².